The van der Waals surface area contributed by atoms with Gasteiger partial charge in [0.1, 0.15) is 11.6 Å². The molecule has 0 spiro atoms. The van der Waals surface area contributed by atoms with Gasteiger partial charge in [0.15, 0.2) is 0 Å². The second-order valence-electron chi connectivity index (χ2n) is 6.43. The summed E-state index contributed by atoms with van der Waals surface area (Å²) in [4.78, 5) is 25.7. The Bertz CT molecular complexity index is 1080. The van der Waals surface area contributed by atoms with Crippen LogP contribution in [-0.2, 0) is 0 Å². The Kier molecular flexibility index (Phi) is 5.22. The zero-order chi connectivity index (χ0) is 20.4. The van der Waals surface area contributed by atoms with Crippen molar-refractivity contribution in [2.45, 2.75) is 0 Å². The zero-order valence-electron chi connectivity index (χ0n) is 15.2. The van der Waals surface area contributed by atoms with Crippen LogP contribution in [0.25, 0.3) is 22.3 Å². The van der Waals surface area contributed by atoms with Crippen molar-refractivity contribution in [2.24, 2.45) is 0 Å². The predicted octanol–water partition coefficient (Wildman–Crippen LogP) is 4.70. The number of carboxylic acid groups (broad SMARTS) is 1. The van der Waals surface area contributed by atoms with Gasteiger partial charge in [0.25, 0.3) is 5.91 Å². The van der Waals surface area contributed by atoms with Crippen molar-refractivity contribution < 1.29 is 23.5 Å². The summed E-state index contributed by atoms with van der Waals surface area (Å²) in [7, 11) is 3.14. The first-order valence-electron chi connectivity index (χ1n) is 8.43. The number of rotatable bonds is 4. The van der Waals surface area contributed by atoms with Gasteiger partial charge in [0, 0.05) is 31.3 Å². The molecule has 0 radical (unpaired) electrons. The third kappa shape index (κ3) is 3.62. The van der Waals surface area contributed by atoms with Gasteiger partial charge in [-0.3, -0.25) is 4.79 Å². The lowest BCUT2D eigenvalue weighted by Gasteiger charge is -2.17. The summed E-state index contributed by atoms with van der Waals surface area (Å²) in [5.74, 6) is -2.92. The number of carboxylic acids is 1. The number of halogens is 2. The number of hydrogen-bond donors (Lipinski definition) is 1. The molecule has 0 aromatic heterocycles. The second-order valence-corrected chi connectivity index (χ2v) is 6.43. The minimum absolute atomic E-state index is 0.0519. The molecule has 0 heterocycles. The molecule has 3 aromatic carbocycles. The Balaban J connectivity index is 2.25. The summed E-state index contributed by atoms with van der Waals surface area (Å²) in [5.41, 5.74) is 1.61. The molecular formula is C22H17F2NO3. The molecule has 6 heteroatoms. The van der Waals surface area contributed by atoms with E-state index in [0.29, 0.717) is 16.7 Å². The van der Waals surface area contributed by atoms with E-state index in [-0.39, 0.29) is 22.6 Å². The van der Waals surface area contributed by atoms with E-state index in [1.54, 1.807) is 44.4 Å². The molecule has 1 N–H and O–H groups in total. The highest BCUT2D eigenvalue weighted by Crippen LogP contribution is 2.33. The van der Waals surface area contributed by atoms with Crippen LogP contribution in [0, 0.1) is 11.6 Å². The smallest absolute Gasteiger partial charge is 0.336 e. The topological polar surface area (TPSA) is 57.6 Å². The zero-order valence-corrected chi connectivity index (χ0v) is 15.2. The molecule has 0 saturated heterocycles. The lowest BCUT2D eigenvalue weighted by Crippen LogP contribution is -2.22. The summed E-state index contributed by atoms with van der Waals surface area (Å²) in [6, 6.07) is 14.2. The van der Waals surface area contributed by atoms with Crippen LogP contribution in [0.4, 0.5) is 8.78 Å². The van der Waals surface area contributed by atoms with Crippen LogP contribution in [0.5, 0.6) is 0 Å². The molecule has 3 rings (SSSR count). The minimum atomic E-state index is -1.12. The van der Waals surface area contributed by atoms with Gasteiger partial charge in [-0.05, 0) is 41.0 Å². The maximum atomic E-state index is 14.2. The third-order valence-electron chi connectivity index (χ3n) is 4.35. The number of aromatic carboxylic acids is 1. The predicted molar refractivity (Wildman–Crippen MR) is 102 cm³/mol. The monoisotopic (exact) mass is 381 g/mol. The van der Waals surface area contributed by atoms with Gasteiger partial charge in [-0.1, -0.05) is 30.3 Å². The summed E-state index contributed by atoms with van der Waals surface area (Å²) in [6.07, 6.45) is 0. The van der Waals surface area contributed by atoms with E-state index in [2.05, 4.69) is 0 Å². The largest absolute Gasteiger partial charge is 0.478 e. The van der Waals surface area contributed by atoms with E-state index < -0.39 is 17.6 Å². The molecule has 0 atom stereocenters. The Morgan fingerprint density at radius 3 is 2.11 bits per heavy atom. The van der Waals surface area contributed by atoms with Gasteiger partial charge >= 0.3 is 5.97 Å². The second kappa shape index (κ2) is 7.60. The fourth-order valence-electron chi connectivity index (χ4n) is 2.99. The van der Waals surface area contributed by atoms with Crippen LogP contribution in [0.15, 0.2) is 60.7 Å². The number of carbonyl (C=O) groups is 2. The molecule has 0 aliphatic carbocycles. The molecule has 0 bridgehead atoms. The van der Waals surface area contributed by atoms with Crippen molar-refractivity contribution in [1.29, 1.82) is 0 Å². The lowest BCUT2D eigenvalue weighted by atomic mass is 9.91. The average molecular weight is 381 g/mol. The number of amides is 1. The molecule has 0 fully saturated rings. The molecule has 0 aliphatic rings. The highest BCUT2D eigenvalue weighted by atomic mass is 19.1. The highest BCUT2D eigenvalue weighted by Gasteiger charge is 2.20. The fourth-order valence-corrected chi connectivity index (χ4v) is 2.99. The average Bonchev–Trinajstić information content (AvgIpc) is 2.67. The van der Waals surface area contributed by atoms with Gasteiger partial charge in [-0.25, -0.2) is 13.6 Å². The number of hydrogen-bond acceptors (Lipinski definition) is 2. The first-order valence-corrected chi connectivity index (χ1v) is 8.43. The van der Waals surface area contributed by atoms with Gasteiger partial charge in [0.05, 0.1) is 5.56 Å². The maximum Gasteiger partial charge on any atom is 0.336 e. The van der Waals surface area contributed by atoms with Gasteiger partial charge in [-0.2, -0.15) is 0 Å². The van der Waals surface area contributed by atoms with Crippen LogP contribution in [0.1, 0.15) is 20.7 Å². The van der Waals surface area contributed by atoms with E-state index in [9.17, 15) is 23.5 Å². The Morgan fingerprint density at radius 2 is 1.46 bits per heavy atom. The van der Waals surface area contributed by atoms with Crippen LogP contribution >= 0.6 is 0 Å². The van der Waals surface area contributed by atoms with Gasteiger partial charge in [0.2, 0.25) is 0 Å². The first-order chi connectivity index (χ1) is 13.3. The van der Waals surface area contributed by atoms with Crippen LogP contribution in [0.2, 0.25) is 0 Å². The van der Waals surface area contributed by atoms with Crippen LogP contribution in [-0.4, -0.2) is 36.0 Å². The van der Waals surface area contributed by atoms with Crippen LogP contribution < -0.4 is 0 Å². The normalized spacial score (nSPS) is 10.6. The van der Waals surface area contributed by atoms with Gasteiger partial charge in [-0.15, -0.1) is 0 Å². The van der Waals surface area contributed by atoms with E-state index in [4.69, 9.17) is 0 Å². The van der Waals surface area contributed by atoms with Crippen molar-refractivity contribution in [2.75, 3.05) is 14.1 Å². The molecule has 1 amide bonds. The van der Waals surface area contributed by atoms with E-state index in [0.717, 1.165) is 12.1 Å². The van der Waals surface area contributed by atoms with Crippen molar-refractivity contribution in [3.8, 4) is 22.3 Å². The standard InChI is InChI=1S/C22H17F2NO3/c1-25(2)21(26)19-11-13(15-10-8-14(23)12-20(15)24)7-9-17(19)16-5-3-4-6-18(16)22(27)28/h3-12H,1-2H3,(H,27,28). The minimum Gasteiger partial charge on any atom is -0.478 e. The van der Waals surface area contributed by atoms with Crippen molar-refractivity contribution >= 4 is 11.9 Å². The Labute approximate surface area is 160 Å². The Morgan fingerprint density at radius 1 is 0.821 bits per heavy atom. The first kappa shape index (κ1) is 19.2. The van der Waals surface area contributed by atoms with Crippen molar-refractivity contribution in [1.82, 2.24) is 4.90 Å². The summed E-state index contributed by atoms with van der Waals surface area (Å²) < 4.78 is 27.4. The number of benzene rings is 3. The van der Waals surface area contributed by atoms with E-state index >= 15 is 0 Å². The van der Waals surface area contributed by atoms with E-state index in [1.807, 2.05) is 0 Å². The molecule has 0 saturated carbocycles. The third-order valence-corrected chi connectivity index (χ3v) is 4.35. The van der Waals surface area contributed by atoms with Crippen LogP contribution in [0.3, 0.4) is 0 Å². The lowest BCUT2D eigenvalue weighted by molar-refractivity contribution is 0.0697. The molecular weight excluding hydrogens is 364 g/mol. The molecule has 4 nitrogen and oxygen atoms in total. The highest BCUT2D eigenvalue weighted by molar-refractivity contribution is 6.05. The summed E-state index contributed by atoms with van der Waals surface area (Å²) >= 11 is 0. The molecule has 142 valence electrons. The molecule has 0 unspecified atom stereocenters. The number of carbonyl (C=O) groups excluding carboxylic acids is 1. The SMILES string of the molecule is CN(C)C(=O)c1cc(-c2ccc(F)cc2F)ccc1-c1ccccc1C(=O)O. The van der Waals surface area contributed by atoms with Crippen molar-refractivity contribution in [3.05, 3.63) is 83.4 Å². The fraction of sp³-hybridized carbons (Fsp3) is 0.0909. The van der Waals surface area contributed by atoms with Gasteiger partial charge < -0.3 is 10.0 Å². The van der Waals surface area contributed by atoms with E-state index in [1.165, 1.54) is 23.1 Å². The summed E-state index contributed by atoms with van der Waals surface area (Å²) in [5, 5.41) is 9.48. The quantitative estimate of drug-likeness (QED) is 0.713. The molecule has 28 heavy (non-hydrogen) atoms. The molecule has 0 aliphatic heterocycles. The van der Waals surface area contributed by atoms with Crippen molar-refractivity contribution in [3.63, 3.8) is 0 Å². The Hall–Kier alpha value is -3.54. The maximum absolute atomic E-state index is 14.2. The molecule has 3 aromatic rings. The number of nitrogens with zero attached hydrogens (tertiary/aromatic N) is 1. The summed E-state index contributed by atoms with van der Waals surface area (Å²) in [6.45, 7) is 0.